The number of halogens is 2. The number of hydrogen-bond donors (Lipinski definition) is 1. The van der Waals surface area contributed by atoms with E-state index < -0.39 is 0 Å². The fourth-order valence-electron chi connectivity index (χ4n) is 4.20. The van der Waals surface area contributed by atoms with Crippen molar-refractivity contribution in [2.45, 2.75) is 37.6 Å². The maximum Gasteiger partial charge on any atom is 0.193 e. The van der Waals surface area contributed by atoms with Crippen LogP contribution in [0.4, 0.5) is 0 Å². The van der Waals surface area contributed by atoms with Crippen molar-refractivity contribution in [3.63, 3.8) is 0 Å². The molecule has 0 spiro atoms. The number of guanidine groups is 1. The molecular weight excluding hydrogens is 485 g/mol. The number of aromatic nitrogens is 2. The minimum atomic E-state index is 0. The van der Waals surface area contributed by atoms with Crippen molar-refractivity contribution in [3.05, 3.63) is 53.6 Å². The lowest BCUT2D eigenvalue weighted by Crippen LogP contribution is -2.50. The Hall–Kier alpha value is -1.28. The first-order chi connectivity index (χ1) is 13.1. The molecule has 0 amide bonds. The highest BCUT2D eigenvalue weighted by Crippen LogP contribution is 2.47. The molecule has 0 bridgehead atoms. The Morgan fingerprint density at radius 2 is 2.07 bits per heavy atom. The molecule has 2 atom stereocenters. The summed E-state index contributed by atoms with van der Waals surface area (Å²) in [5.74, 6) is 1.64. The van der Waals surface area contributed by atoms with Gasteiger partial charge in [-0.15, -0.1) is 24.0 Å². The van der Waals surface area contributed by atoms with E-state index in [0.29, 0.717) is 12.0 Å². The average Bonchev–Trinajstić information content (AvgIpc) is 3.27. The fourth-order valence-corrected chi connectivity index (χ4v) is 4.32. The van der Waals surface area contributed by atoms with E-state index in [2.05, 4.69) is 50.0 Å². The van der Waals surface area contributed by atoms with Crippen LogP contribution >= 0.6 is 35.6 Å². The first-order valence-electron chi connectivity index (χ1n) is 9.80. The standard InChI is InChI=1S/C21H28ClN5.HI/c1-16-7-11-26(13-19(16)27-12-10-24-15-27)20(23-2)25-14-21(8-9-21)17-3-5-18(22)6-4-17;/h3-6,10,12,15-16,19H,7-9,11,13-14H2,1-2H3,(H,23,25);1H. The lowest BCUT2D eigenvalue weighted by Gasteiger charge is -2.39. The second-order valence-corrected chi connectivity index (χ2v) is 8.41. The number of nitrogens with one attached hydrogen (secondary N) is 1. The molecule has 28 heavy (non-hydrogen) atoms. The third kappa shape index (κ3) is 4.48. The van der Waals surface area contributed by atoms with Crippen molar-refractivity contribution < 1.29 is 0 Å². The van der Waals surface area contributed by atoms with Crippen LogP contribution in [0.25, 0.3) is 0 Å². The number of piperidine rings is 1. The van der Waals surface area contributed by atoms with E-state index in [-0.39, 0.29) is 29.4 Å². The van der Waals surface area contributed by atoms with E-state index in [1.165, 1.54) is 18.4 Å². The molecule has 152 valence electrons. The largest absolute Gasteiger partial charge is 0.355 e. The van der Waals surface area contributed by atoms with Gasteiger partial charge in [0.05, 0.1) is 12.4 Å². The molecule has 1 saturated carbocycles. The molecule has 2 heterocycles. The van der Waals surface area contributed by atoms with Crippen molar-refractivity contribution in [1.82, 2.24) is 19.8 Å². The van der Waals surface area contributed by atoms with E-state index in [0.717, 1.165) is 37.0 Å². The van der Waals surface area contributed by atoms with Gasteiger partial charge in [-0.25, -0.2) is 4.98 Å². The van der Waals surface area contributed by atoms with Crippen LogP contribution in [-0.2, 0) is 5.41 Å². The molecule has 2 aromatic rings. The van der Waals surface area contributed by atoms with Gasteiger partial charge in [0.25, 0.3) is 0 Å². The van der Waals surface area contributed by atoms with Crippen LogP contribution in [0.2, 0.25) is 5.02 Å². The monoisotopic (exact) mass is 513 g/mol. The third-order valence-corrected chi connectivity index (χ3v) is 6.48. The van der Waals surface area contributed by atoms with E-state index in [1.807, 2.05) is 31.7 Å². The predicted molar refractivity (Wildman–Crippen MR) is 126 cm³/mol. The SMILES string of the molecule is CN=C(NCC1(c2ccc(Cl)cc2)CC1)N1CCC(C)C(n2ccnc2)C1.I. The van der Waals surface area contributed by atoms with Gasteiger partial charge in [0.15, 0.2) is 5.96 Å². The quantitative estimate of drug-likeness (QED) is 0.376. The third-order valence-electron chi connectivity index (χ3n) is 6.23. The number of rotatable bonds is 4. The zero-order valence-corrected chi connectivity index (χ0v) is 19.6. The topological polar surface area (TPSA) is 45.5 Å². The van der Waals surface area contributed by atoms with E-state index in [9.17, 15) is 0 Å². The second-order valence-electron chi connectivity index (χ2n) is 7.98. The lowest BCUT2D eigenvalue weighted by atomic mass is 9.93. The van der Waals surface area contributed by atoms with Crippen molar-refractivity contribution in [3.8, 4) is 0 Å². The number of likely N-dealkylation sites (tertiary alicyclic amines) is 1. The molecule has 7 heteroatoms. The summed E-state index contributed by atoms with van der Waals surface area (Å²) in [7, 11) is 1.88. The molecule has 1 aliphatic carbocycles. The van der Waals surface area contributed by atoms with Crippen LogP contribution in [-0.4, -0.2) is 47.1 Å². The van der Waals surface area contributed by atoms with Crippen LogP contribution < -0.4 is 5.32 Å². The summed E-state index contributed by atoms with van der Waals surface area (Å²) < 4.78 is 2.24. The van der Waals surface area contributed by atoms with Crippen molar-refractivity contribution >= 4 is 41.5 Å². The van der Waals surface area contributed by atoms with Gasteiger partial charge in [-0.3, -0.25) is 4.99 Å². The van der Waals surface area contributed by atoms with E-state index >= 15 is 0 Å². The number of hydrogen-bond acceptors (Lipinski definition) is 2. The van der Waals surface area contributed by atoms with Gasteiger partial charge in [0.1, 0.15) is 0 Å². The summed E-state index contributed by atoms with van der Waals surface area (Å²) in [6.45, 7) is 5.26. The molecule has 1 aliphatic heterocycles. The van der Waals surface area contributed by atoms with Crippen molar-refractivity contribution in [1.29, 1.82) is 0 Å². The highest BCUT2D eigenvalue weighted by molar-refractivity contribution is 14.0. The van der Waals surface area contributed by atoms with Crippen LogP contribution in [0, 0.1) is 5.92 Å². The maximum absolute atomic E-state index is 6.05. The number of benzene rings is 1. The number of imidazole rings is 1. The molecule has 1 N–H and O–H groups in total. The first-order valence-corrected chi connectivity index (χ1v) is 10.2. The van der Waals surface area contributed by atoms with Gasteiger partial charge in [-0.1, -0.05) is 30.7 Å². The maximum atomic E-state index is 6.05. The fraction of sp³-hybridized carbons (Fsp3) is 0.524. The van der Waals surface area contributed by atoms with Gasteiger partial charge in [-0.05, 0) is 42.9 Å². The molecular formula is C21H29ClIN5. The molecule has 2 unspecified atom stereocenters. The van der Waals surface area contributed by atoms with Crippen molar-refractivity contribution in [2.24, 2.45) is 10.9 Å². The van der Waals surface area contributed by atoms with Gasteiger partial charge in [0, 0.05) is 49.5 Å². The van der Waals surface area contributed by atoms with Crippen LogP contribution in [0.5, 0.6) is 0 Å². The summed E-state index contributed by atoms with van der Waals surface area (Å²) in [6.07, 6.45) is 9.45. The summed E-state index contributed by atoms with van der Waals surface area (Å²) in [6, 6.07) is 8.75. The highest BCUT2D eigenvalue weighted by atomic mass is 127. The normalized spacial score (nSPS) is 23.8. The van der Waals surface area contributed by atoms with Crippen molar-refractivity contribution in [2.75, 3.05) is 26.7 Å². The predicted octanol–water partition coefficient (Wildman–Crippen LogP) is 4.34. The zero-order valence-electron chi connectivity index (χ0n) is 16.5. The van der Waals surface area contributed by atoms with Crippen LogP contribution in [0.1, 0.15) is 37.8 Å². The van der Waals surface area contributed by atoms with Gasteiger partial charge in [0.2, 0.25) is 0 Å². The smallest absolute Gasteiger partial charge is 0.193 e. The minimum Gasteiger partial charge on any atom is -0.355 e. The summed E-state index contributed by atoms with van der Waals surface area (Å²) in [5, 5.41) is 4.45. The van der Waals surface area contributed by atoms with Gasteiger partial charge in [-0.2, -0.15) is 0 Å². The Morgan fingerprint density at radius 1 is 1.32 bits per heavy atom. The average molecular weight is 514 g/mol. The molecule has 1 aromatic heterocycles. The van der Waals surface area contributed by atoms with Crippen LogP contribution in [0.15, 0.2) is 48.0 Å². The zero-order chi connectivity index (χ0) is 18.9. The number of nitrogens with zero attached hydrogens (tertiary/aromatic N) is 4. The first kappa shape index (κ1) is 21.4. The second kappa shape index (κ2) is 9.03. The molecule has 2 aliphatic rings. The van der Waals surface area contributed by atoms with E-state index in [4.69, 9.17) is 11.6 Å². The Kier molecular flexibility index (Phi) is 6.91. The molecule has 2 fully saturated rings. The Morgan fingerprint density at radius 3 is 2.68 bits per heavy atom. The van der Waals surface area contributed by atoms with Gasteiger partial charge >= 0.3 is 0 Å². The lowest BCUT2D eigenvalue weighted by molar-refractivity contribution is 0.189. The molecule has 5 nitrogen and oxygen atoms in total. The molecule has 1 saturated heterocycles. The highest BCUT2D eigenvalue weighted by Gasteiger charge is 2.44. The number of aliphatic imine (C=N–C) groups is 1. The van der Waals surface area contributed by atoms with Gasteiger partial charge < -0.3 is 14.8 Å². The molecule has 0 radical (unpaired) electrons. The van der Waals surface area contributed by atoms with E-state index in [1.54, 1.807) is 0 Å². The minimum absolute atomic E-state index is 0. The Bertz CT molecular complexity index is 786. The summed E-state index contributed by atoms with van der Waals surface area (Å²) in [5.41, 5.74) is 1.60. The Labute approximate surface area is 189 Å². The molecule has 4 rings (SSSR count). The molecule has 1 aromatic carbocycles. The Balaban J connectivity index is 0.00000225. The van der Waals surface area contributed by atoms with Crippen LogP contribution in [0.3, 0.4) is 0 Å². The summed E-state index contributed by atoms with van der Waals surface area (Å²) >= 11 is 6.05. The summed E-state index contributed by atoms with van der Waals surface area (Å²) in [4.78, 5) is 11.2.